The number of nitrogens with two attached hydrogens (primary N) is 1. The zero-order valence-corrected chi connectivity index (χ0v) is 21.2. The van der Waals surface area contributed by atoms with Crippen LogP contribution in [0.2, 0.25) is 0 Å². The molecule has 7 nitrogen and oxygen atoms in total. The van der Waals surface area contributed by atoms with Crippen LogP contribution in [0.4, 0.5) is 5.69 Å². The van der Waals surface area contributed by atoms with Crippen molar-refractivity contribution in [3.63, 3.8) is 0 Å². The molecule has 1 amide bonds. The molecule has 2 aliphatic rings. The first kappa shape index (κ1) is 24.6. The SMILES string of the molecule is CCC1=C(C(=O)OCCc2ccccc2)N2CCN(c3c(C)cc(C)cc3C)C2N1CCC(N)=O. The van der Waals surface area contributed by atoms with Gasteiger partial charge in [-0.15, -0.1) is 0 Å². The third-order valence-corrected chi connectivity index (χ3v) is 6.84. The predicted octanol–water partition coefficient (Wildman–Crippen LogP) is 3.62. The molecule has 0 aliphatic carbocycles. The molecule has 7 heteroatoms. The second kappa shape index (κ2) is 10.4. The Morgan fingerprint density at radius 2 is 1.69 bits per heavy atom. The number of amides is 1. The van der Waals surface area contributed by atoms with E-state index in [1.807, 2.05) is 37.3 Å². The van der Waals surface area contributed by atoms with Crippen molar-refractivity contribution in [2.75, 3.05) is 31.1 Å². The van der Waals surface area contributed by atoms with Crippen molar-refractivity contribution in [3.05, 3.63) is 76.1 Å². The first-order valence-electron chi connectivity index (χ1n) is 12.4. The van der Waals surface area contributed by atoms with Crippen LogP contribution in [0.25, 0.3) is 0 Å². The van der Waals surface area contributed by atoms with E-state index in [0.29, 0.717) is 38.2 Å². The van der Waals surface area contributed by atoms with Crippen molar-refractivity contribution < 1.29 is 14.3 Å². The van der Waals surface area contributed by atoms with Crippen LogP contribution in [0.3, 0.4) is 0 Å². The lowest BCUT2D eigenvalue weighted by Crippen LogP contribution is -2.48. The summed E-state index contributed by atoms with van der Waals surface area (Å²) < 4.78 is 5.77. The summed E-state index contributed by atoms with van der Waals surface area (Å²) >= 11 is 0. The molecule has 2 heterocycles. The van der Waals surface area contributed by atoms with E-state index in [0.717, 1.165) is 17.8 Å². The van der Waals surface area contributed by atoms with Crippen LogP contribution in [-0.2, 0) is 20.7 Å². The van der Waals surface area contributed by atoms with Gasteiger partial charge in [0.1, 0.15) is 5.70 Å². The summed E-state index contributed by atoms with van der Waals surface area (Å²) in [5.41, 5.74) is 13.0. The van der Waals surface area contributed by atoms with E-state index in [-0.39, 0.29) is 24.6 Å². The van der Waals surface area contributed by atoms with E-state index < -0.39 is 0 Å². The number of ether oxygens (including phenoxy) is 1. The Bertz CT molecular complexity index is 1110. The summed E-state index contributed by atoms with van der Waals surface area (Å²) in [4.78, 5) is 31.8. The maximum Gasteiger partial charge on any atom is 0.356 e. The number of aryl methyl sites for hydroxylation is 3. The summed E-state index contributed by atoms with van der Waals surface area (Å²) in [7, 11) is 0. The number of primary amides is 1. The second-order valence-corrected chi connectivity index (χ2v) is 9.41. The van der Waals surface area contributed by atoms with E-state index in [9.17, 15) is 9.59 Å². The minimum Gasteiger partial charge on any atom is -0.461 e. The van der Waals surface area contributed by atoms with Crippen molar-refractivity contribution in [1.82, 2.24) is 9.80 Å². The minimum atomic E-state index is -0.349. The molecule has 2 aliphatic heterocycles. The average molecular weight is 477 g/mol. The van der Waals surface area contributed by atoms with Crippen LogP contribution in [0, 0.1) is 20.8 Å². The largest absolute Gasteiger partial charge is 0.461 e. The zero-order valence-electron chi connectivity index (χ0n) is 21.2. The molecule has 0 aromatic heterocycles. The lowest BCUT2D eigenvalue weighted by Gasteiger charge is -2.37. The molecule has 186 valence electrons. The molecule has 1 saturated heterocycles. The number of carbonyl (C=O) groups excluding carboxylic acids is 2. The van der Waals surface area contributed by atoms with Gasteiger partial charge in [-0.05, 0) is 43.9 Å². The number of carbonyl (C=O) groups is 2. The Kier molecular flexibility index (Phi) is 7.34. The molecule has 2 aromatic carbocycles. The normalized spacial score (nSPS) is 17.3. The Morgan fingerprint density at radius 3 is 2.31 bits per heavy atom. The average Bonchev–Trinajstić information content (AvgIpc) is 3.35. The summed E-state index contributed by atoms with van der Waals surface area (Å²) in [6, 6.07) is 14.4. The number of fused-ring (bicyclic) bond motifs is 1. The van der Waals surface area contributed by atoms with Gasteiger partial charge in [0.05, 0.1) is 6.61 Å². The maximum absolute atomic E-state index is 13.4. The van der Waals surface area contributed by atoms with Gasteiger partial charge >= 0.3 is 5.97 Å². The molecule has 2 aromatic rings. The Labute approximate surface area is 208 Å². The van der Waals surface area contributed by atoms with E-state index in [1.54, 1.807) is 0 Å². The number of esters is 1. The predicted molar refractivity (Wildman–Crippen MR) is 137 cm³/mol. The van der Waals surface area contributed by atoms with Crippen LogP contribution >= 0.6 is 0 Å². The molecule has 0 spiro atoms. The topological polar surface area (TPSA) is 79.1 Å². The summed E-state index contributed by atoms with van der Waals surface area (Å²) in [5.74, 6) is -0.651. The summed E-state index contributed by atoms with van der Waals surface area (Å²) in [5, 5.41) is 0. The van der Waals surface area contributed by atoms with Gasteiger partial charge in [0.25, 0.3) is 0 Å². The molecule has 0 saturated carbocycles. The van der Waals surface area contributed by atoms with E-state index >= 15 is 0 Å². The fourth-order valence-corrected chi connectivity index (χ4v) is 5.53. The standard InChI is InChI=1S/C28H36N4O3/c1-5-23-26(27(34)35-16-12-22-9-7-6-8-10-22)32-15-14-31(28(32)30(23)13-11-24(29)33)25-20(3)17-19(2)18-21(25)4/h6-10,17-18,28H,5,11-16H2,1-4H3,(H2,29,33). The molecule has 35 heavy (non-hydrogen) atoms. The number of nitrogens with zero attached hydrogens (tertiary/aromatic N) is 3. The van der Waals surface area contributed by atoms with Crippen molar-refractivity contribution in [1.29, 1.82) is 0 Å². The molecule has 1 atom stereocenters. The molecule has 1 unspecified atom stereocenters. The quantitative estimate of drug-likeness (QED) is 0.557. The van der Waals surface area contributed by atoms with Crippen molar-refractivity contribution in [2.24, 2.45) is 5.73 Å². The summed E-state index contributed by atoms with van der Waals surface area (Å²) in [6.07, 6.45) is 1.38. The minimum absolute atomic E-state index is 0.180. The lowest BCUT2D eigenvalue weighted by atomic mass is 10.0. The van der Waals surface area contributed by atoms with Crippen LogP contribution < -0.4 is 10.6 Å². The van der Waals surface area contributed by atoms with Gasteiger partial charge in [-0.3, -0.25) is 4.79 Å². The van der Waals surface area contributed by atoms with Crippen LogP contribution in [0.1, 0.15) is 42.0 Å². The zero-order chi connectivity index (χ0) is 25.1. The van der Waals surface area contributed by atoms with Crippen molar-refractivity contribution in [2.45, 2.75) is 53.2 Å². The monoisotopic (exact) mass is 476 g/mol. The highest BCUT2D eigenvalue weighted by Gasteiger charge is 2.48. The number of hydrogen-bond acceptors (Lipinski definition) is 6. The molecule has 2 N–H and O–H groups in total. The number of allylic oxidation sites excluding steroid dienone is 1. The third kappa shape index (κ3) is 4.99. The Balaban J connectivity index is 1.62. The van der Waals surface area contributed by atoms with Gasteiger partial charge < -0.3 is 25.2 Å². The molecule has 4 rings (SSSR count). The van der Waals surface area contributed by atoms with Gasteiger partial charge in [-0.2, -0.15) is 0 Å². The second-order valence-electron chi connectivity index (χ2n) is 9.41. The van der Waals surface area contributed by atoms with Gasteiger partial charge in [-0.1, -0.05) is 55.0 Å². The number of hydrogen-bond donors (Lipinski definition) is 1. The first-order valence-corrected chi connectivity index (χ1v) is 12.4. The molecular formula is C28H36N4O3. The number of benzene rings is 2. The highest BCUT2D eigenvalue weighted by molar-refractivity contribution is 5.89. The van der Waals surface area contributed by atoms with Gasteiger partial charge in [0.2, 0.25) is 5.91 Å². The Hall–Kier alpha value is -3.48. The smallest absolute Gasteiger partial charge is 0.356 e. The summed E-state index contributed by atoms with van der Waals surface area (Å²) in [6.45, 7) is 10.7. The maximum atomic E-state index is 13.4. The van der Waals surface area contributed by atoms with Crippen LogP contribution in [0.5, 0.6) is 0 Å². The molecule has 0 bridgehead atoms. The lowest BCUT2D eigenvalue weighted by molar-refractivity contribution is -0.140. The molecular weight excluding hydrogens is 440 g/mol. The highest BCUT2D eigenvalue weighted by Crippen LogP contribution is 2.41. The van der Waals surface area contributed by atoms with E-state index in [4.69, 9.17) is 10.5 Å². The fraction of sp³-hybridized carbons (Fsp3) is 0.429. The first-order chi connectivity index (χ1) is 16.8. The van der Waals surface area contributed by atoms with Gasteiger partial charge in [-0.25, -0.2) is 4.79 Å². The Morgan fingerprint density at radius 1 is 1.03 bits per heavy atom. The number of anilines is 1. The van der Waals surface area contributed by atoms with Crippen molar-refractivity contribution in [3.8, 4) is 0 Å². The van der Waals surface area contributed by atoms with Crippen LogP contribution in [-0.4, -0.2) is 54.2 Å². The fourth-order valence-electron chi connectivity index (χ4n) is 5.53. The van der Waals surface area contributed by atoms with Gasteiger partial charge in [0, 0.05) is 43.9 Å². The van der Waals surface area contributed by atoms with Gasteiger partial charge in [0.15, 0.2) is 6.29 Å². The highest BCUT2D eigenvalue weighted by atomic mass is 16.5. The molecule has 1 fully saturated rings. The van der Waals surface area contributed by atoms with Crippen LogP contribution in [0.15, 0.2) is 53.9 Å². The third-order valence-electron chi connectivity index (χ3n) is 6.84. The van der Waals surface area contributed by atoms with E-state index in [2.05, 4.69) is 47.6 Å². The molecule has 0 radical (unpaired) electrons. The van der Waals surface area contributed by atoms with Crippen molar-refractivity contribution >= 4 is 17.6 Å². The van der Waals surface area contributed by atoms with E-state index in [1.165, 1.54) is 22.4 Å². The number of rotatable bonds is 9.